The van der Waals surface area contributed by atoms with Gasteiger partial charge in [0, 0.05) is 16.4 Å². The molecule has 2 atom stereocenters. The molecule has 106 valence electrons. The molecule has 2 aliphatic heterocycles. The van der Waals surface area contributed by atoms with Crippen LogP contribution >= 0.6 is 23.1 Å². The molecule has 0 amide bonds. The van der Waals surface area contributed by atoms with Crippen molar-refractivity contribution in [2.75, 3.05) is 18.1 Å². The average Bonchev–Trinajstić information content (AvgIpc) is 2.85. The van der Waals surface area contributed by atoms with Gasteiger partial charge < -0.3 is 9.84 Å². The summed E-state index contributed by atoms with van der Waals surface area (Å²) in [4.78, 5) is 2.41. The minimum atomic E-state index is -0.297. The standard InChI is InChI=1S/C15H22O2S2/c1-11-2-3-13(19-11)14(16)12-4-7-17-15(10-12)5-8-18-9-6-15/h2-3,12,14,16H,4-10H2,1H3. The van der Waals surface area contributed by atoms with E-state index < -0.39 is 0 Å². The number of aliphatic hydroxyl groups excluding tert-OH is 1. The zero-order valence-corrected chi connectivity index (χ0v) is 13.1. The van der Waals surface area contributed by atoms with E-state index in [4.69, 9.17) is 4.74 Å². The summed E-state index contributed by atoms with van der Waals surface area (Å²) in [6.45, 7) is 2.92. The SMILES string of the molecule is Cc1ccc(C(O)C2CCOC3(CCSCC3)C2)s1. The quantitative estimate of drug-likeness (QED) is 0.901. The number of rotatable bonds is 2. The number of hydrogen-bond acceptors (Lipinski definition) is 4. The molecule has 0 saturated carbocycles. The lowest BCUT2D eigenvalue weighted by Gasteiger charge is -2.44. The van der Waals surface area contributed by atoms with Gasteiger partial charge in [0.25, 0.3) is 0 Å². The minimum absolute atomic E-state index is 0.0709. The van der Waals surface area contributed by atoms with Gasteiger partial charge in [0.05, 0.1) is 11.7 Å². The Bertz CT molecular complexity index is 418. The van der Waals surface area contributed by atoms with Crippen molar-refractivity contribution in [2.24, 2.45) is 5.92 Å². The van der Waals surface area contributed by atoms with E-state index in [9.17, 15) is 5.11 Å². The molecule has 1 N–H and O–H groups in total. The van der Waals surface area contributed by atoms with Gasteiger partial charge in [-0.25, -0.2) is 0 Å². The predicted molar refractivity (Wildman–Crippen MR) is 82.0 cm³/mol. The second-order valence-corrected chi connectivity index (χ2v) is 8.33. The van der Waals surface area contributed by atoms with Crippen molar-refractivity contribution in [2.45, 2.75) is 44.3 Å². The van der Waals surface area contributed by atoms with Crippen molar-refractivity contribution in [3.8, 4) is 0 Å². The van der Waals surface area contributed by atoms with Crippen LogP contribution in [0.25, 0.3) is 0 Å². The summed E-state index contributed by atoms with van der Waals surface area (Å²) >= 11 is 3.76. The maximum Gasteiger partial charge on any atom is 0.0912 e. The van der Waals surface area contributed by atoms with Gasteiger partial charge in [-0.1, -0.05) is 0 Å². The Morgan fingerprint density at radius 1 is 1.37 bits per heavy atom. The summed E-state index contributed by atoms with van der Waals surface area (Å²) < 4.78 is 6.11. The maximum atomic E-state index is 10.6. The first kappa shape index (κ1) is 13.9. The average molecular weight is 298 g/mol. The van der Waals surface area contributed by atoms with E-state index in [1.54, 1.807) is 11.3 Å². The van der Waals surface area contributed by atoms with Gasteiger partial charge in [-0.05, 0) is 62.2 Å². The summed E-state index contributed by atoms with van der Waals surface area (Å²) in [6.07, 6.45) is 4.04. The largest absolute Gasteiger partial charge is 0.387 e. The first-order valence-corrected chi connectivity index (χ1v) is 9.12. The van der Waals surface area contributed by atoms with Gasteiger partial charge in [-0.2, -0.15) is 11.8 Å². The van der Waals surface area contributed by atoms with Crippen LogP contribution in [-0.2, 0) is 4.74 Å². The molecule has 2 fully saturated rings. The van der Waals surface area contributed by atoms with E-state index in [0.29, 0.717) is 5.92 Å². The minimum Gasteiger partial charge on any atom is -0.387 e. The van der Waals surface area contributed by atoms with E-state index in [2.05, 4.69) is 19.1 Å². The Kier molecular flexibility index (Phi) is 4.22. The lowest BCUT2D eigenvalue weighted by atomic mass is 9.79. The van der Waals surface area contributed by atoms with Crippen molar-refractivity contribution < 1.29 is 9.84 Å². The Morgan fingerprint density at radius 3 is 2.84 bits per heavy atom. The first-order chi connectivity index (χ1) is 9.19. The molecule has 2 saturated heterocycles. The van der Waals surface area contributed by atoms with E-state index in [1.807, 2.05) is 11.8 Å². The molecule has 1 spiro atoms. The third-order valence-corrected chi connectivity index (χ3v) is 6.49. The number of hydrogen-bond donors (Lipinski definition) is 1. The number of ether oxygens (including phenoxy) is 1. The van der Waals surface area contributed by atoms with Gasteiger partial charge in [-0.15, -0.1) is 11.3 Å². The molecule has 3 rings (SSSR count). The van der Waals surface area contributed by atoms with Crippen LogP contribution in [0.1, 0.15) is 41.5 Å². The molecule has 2 nitrogen and oxygen atoms in total. The van der Waals surface area contributed by atoms with Crippen LogP contribution in [0.5, 0.6) is 0 Å². The van der Waals surface area contributed by atoms with Crippen LogP contribution in [0.4, 0.5) is 0 Å². The fourth-order valence-corrected chi connectivity index (χ4v) is 5.47. The van der Waals surface area contributed by atoms with Gasteiger partial charge in [-0.3, -0.25) is 0 Å². The Morgan fingerprint density at radius 2 is 2.16 bits per heavy atom. The summed E-state index contributed by atoms with van der Waals surface area (Å²) in [5.74, 6) is 2.79. The number of aryl methyl sites for hydroxylation is 1. The van der Waals surface area contributed by atoms with Crippen LogP contribution < -0.4 is 0 Å². The monoisotopic (exact) mass is 298 g/mol. The van der Waals surface area contributed by atoms with E-state index in [1.165, 1.54) is 16.4 Å². The summed E-state index contributed by atoms with van der Waals surface area (Å²) in [5, 5.41) is 10.6. The predicted octanol–water partition coefficient (Wildman–Crippen LogP) is 3.78. The summed E-state index contributed by atoms with van der Waals surface area (Å²) in [7, 11) is 0. The molecule has 1 aromatic rings. The lowest BCUT2D eigenvalue weighted by molar-refractivity contribution is -0.120. The molecule has 2 aliphatic rings. The molecule has 19 heavy (non-hydrogen) atoms. The van der Waals surface area contributed by atoms with Gasteiger partial charge in [0.2, 0.25) is 0 Å². The van der Waals surface area contributed by atoms with Gasteiger partial charge in [0.1, 0.15) is 0 Å². The van der Waals surface area contributed by atoms with E-state index in [0.717, 1.165) is 37.2 Å². The highest BCUT2D eigenvalue weighted by Gasteiger charge is 2.41. The van der Waals surface area contributed by atoms with Crippen LogP contribution in [0.2, 0.25) is 0 Å². The van der Waals surface area contributed by atoms with Crippen LogP contribution in [0.3, 0.4) is 0 Å². The molecule has 4 heteroatoms. The highest BCUT2D eigenvalue weighted by atomic mass is 32.2. The normalized spacial score (nSPS) is 28.4. The molecular weight excluding hydrogens is 276 g/mol. The second kappa shape index (κ2) is 5.76. The molecule has 0 aliphatic carbocycles. The summed E-state index contributed by atoms with van der Waals surface area (Å²) in [5.41, 5.74) is 0.0709. The molecule has 1 aromatic heterocycles. The van der Waals surface area contributed by atoms with Crippen LogP contribution in [0, 0.1) is 12.8 Å². The molecule has 3 heterocycles. The third-order valence-electron chi connectivity index (χ3n) is 4.43. The number of thioether (sulfide) groups is 1. The van der Waals surface area contributed by atoms with Crippen LogP contribution in [0.15, 0.2) is 12.1 Å². The zero-order valence-electron chi connectivity index (χ0n) is 11.4. The van der Waals surface area contributed by atoms with Crippen molar-refractivity contribution >= 4 is 23.1 Å². The molecule has 2 unspecified atom stereocenters. The van der Waals surface area contributed by atoms with Crippen molar-refractivity contribution in [3.05, 3.63) is 21.9 Å². The highest BCUT2D eigenvalue weighted by Crippen LogP contribution is 2.44. The molecule has 0 radical (unpaired) electrons. The fourth-order valence-electron chi connectivity index (χ4n) is 3.27. The maximum absolute atomic E-state index is 10.6. The van der Waals surface area contributed by atoms with E-state index in [-0.39, 0.29) is 11.7 Å². The second-order valence-electron chi connectivity index (χ2n) is 5.79. The van der Waals surface area contributed by atoms with E-state index >= 15 is 0 Å². The Hall–Kier alpha value is -0.0300. The summed E-state index contributed by atoms with van der Waals surface area (Å²) in [6, 6.07) is 4.19. The smallest absolute Gasteiger partial charge is 0.0912 e. The molecule has 0 bridgehead atoms. The number of aliphatic hydroxyl groups is 1. The Balaban J connectivity index is 1.70. The van der Waals surface area contributed by atoms with Gasteiger partial charge in [0.15, 0.2) is 0 Å². The van der Waals surface area contributed by atoms with Crippen molar-refractivity contribution in [3.63, 3.8) is 0 Å². The highest BCUT2D eigenvalue weighted by molar-refractivity contribution is 7.99. The lowest BCUT2D eigenvalue weighted by Crippen LogP contribution is -2.44. The van der Waals surface area contributed by atoms with Crippen molar-refractivity contribution in [1.29, 1.82) is 0 Å². The zero-order chi connectivity index (χ0) is 13.3. The fraction of sp³-hybridized carbons (Fsp3) is 0.733. The van der Waals surface area contributed by atoms with Gasteiger partial charge >= 0.3 is 0 Å². The number of thiophene rings is 1. The third kappa shape index (κ3) is 3.02. The van der Waals surface area contributed by atoms with Crippen molar-refractivity contribution in [1.82, 2.24) is 0 Å². The van der Waals surface area contributed by atoms with Crippen LogP contribution in [-0.4, -0.2) is 28.8 Å². The topological polar surface area (TPSA) is 29.5 Å². The molecule has 0 aromatic carbocycles. The molecular formula is C15H22O2S2. The first-order valence-electron chi connectivity index (χ1n) is 7.15. The Labute approximate surface area is 123 Å².